The van der Waals surface area contributed by atoms with Crippen LogP contribution in [0.15, 0.2) is 60.8 Å². The molecule has 0 bridgehead atoms. The number of hydrogen-bond acceptors (Lipinski definition) is 6. The molecule has 37 heavy (non-hydrogen) atoms. The molecule has 0 atom stereocenters. The smallest absolute Gasteiger partial charge is 0.267 e. The summed E-state index contributed by atoms with van der Waals surface area (Å²) in [6, 6.07) is 14.5. The maximum absolute atomic E-state index is 12.9. The van der Waals surface area contributed by atoms with Crippen LogP contribution in [0, 0.1) is 23.1 Å². The number of carbonyl (C=O) groups excluding carboxylic acids is 2. The van der Waals surface area contributed by atoms with Crippen molar-refractivity contribution < 1.29 is 23.5 Å². The van der Waals surface area contributed by atoms with Crippen molar-refractivity contribution in [2.24, 2.45) is 11.1 Å². The number of primary amides is 1. The minimum atomic E-state index is -0.644. The fraction of sp³-hybridized carbons (Fsp3) is 0.276. The lowest BCUT2D eigenvalue weighted by Gasteiger charge is -2.18. The number of anilines is 1. The van der Waals surface area contributed by atoms with Gasteiger partial charge in [-0.3, -0.25) is 9.78 Å². The summed E-state index contributed by atoms with van der Waals surface area (Å²) in [5.41, 5.74) is 7.10. The van der Waals surface area contributed by atoms with E-state index in [1.54, 1.807) is 12.1 Å². The van der Waals surface area contributed by atoms with E-state index in [4.69, 9.17) is 15.2 Å². The number of amides is 1. The summed E-state index contributed by atoms with van der Waals surface area (Å²) in [7, 11) is 3.92. The molecule has 3 rings (SSSR count). The highest BCUT2D eigenvalue weighted by Crippen LogP contribution is 2.28. The van der Waals surface area contributed by atoms with Gasteiger partial charge >= 0.3 is 0 Å². The molecule has 1 heterocycles. The Hall–Kier alpha value is -4.38. The number of nitrogens with two attached hydrogens (primary N) is 1. The highest BCUT2D eigenvalue weighted by atomic mass is 19.1. The van der Waals surface area contributed by atoms with Gasteiger partial charge in [0, 0.05) is 49.8 Å². The summed E-state index contributed by atoms with van der Waals surface area (Å²) in [6.07, 6.45) is 2.66. The Morgan fingerprint density at radius 2 is 1.84 bits per heavy atom. The molecule has 0 saturated carbocycles. The zero-order valence-corrected chi connectivity index (χ0v) is 21.7. The predicted octanol–water partition coefficient (Wildman–Crippen LogP) is 5.23. The van der Waals surface area contributed by atoms with Crippen LogP contribution in [0.3, 0.4) is 0 Å². The molecule has 1 amide bonds. The number of benzene rings is 2. The molecule has 8 heteroatoms. The molecule has 1 aromatic heterocycles. The van der Waals surface area contributed by atoms with Gasteiger partial charge in [-0.05, 0) is 57.2 Å². The van der Waals surface area contributed by atoms with Crippen LogP contribution in [0.2, 0.25) is 0 Å². The van der Waals surface area contributed by atoms with Crippen LogP contribution in [0.25, 0.3) is 0 Å². The van der Waals surface area contributed by atoms with Crippen molar-refractivity contribution in [3.63, 3.8) is 0 Å². The summed E-state index contributed by atoms with van der Waals surface area (Å²) in [6.45, 7) is 6.66. The van der Waals surface area contributed by atoms with E-state index in [1.165, 1.54) is 30.5 Å². The van der Waals surface area contributed by atoms with Gasteiger partial charge in [0.25, 0.3) is 5.91 Å². The molecule has 0 unspecified atom stereocenters. The predicted molar refractivity (Wildman–Crippen MR) is 143 cm³/mol. The average Bonchev–Trinajstić information content (AvgIpc) is 2.83. The monoisotopic (exact) mass is 505 g/mol. The third-order valence-corrected chi connectivity index (χ3v) is 4.53. The minimum absolute atomic E-state index is 0.0165. The molecule has 0 aliphatic heterocycles. The topological polar surface area (TPSA) is 94.8 Å². The van der Waals surface area contributed by atoms with Crippen LogP contribution >= 0.6 is 0 Å². The molecule has 194 valence electrons. The lowest BCUT2D eigenvalue weighted by molar-refractivity contribution is -0.108. The number of rotatable bonds is 8. The molecular formula is C29H32FN3O4. The number of aromatic nitrogens is 1. The Kier molecular flexibility index (Phi) is 10.6. The summed E-state index contributed by atoms with van der Waals surface area (Å²) in [5.74, 6) is 6.86. The largest absolute Gasteiger partial charge is 0.491 e. The van der Waals surface area contributed by atoms with Crippen LogP contribution < -0.4 is 20.1 Å². The quantitative estimate of drug-likeness (QED) is 0.256. The SMILES string of the molecule is CN(C)c1cc(C#CC(C)(C)C)ccc1OCCC=O.NC(=O)c1cc(Oc2cccc(F)c2)ccn1. The Morgan fingerprint density at radius 1 is 1.11 bits per heavy atom. The standard InChI is InChI=1S/C17H23NO2.C12H9FN2O2/c1-17(2,3)10-9-14-7-8-16(20-12-6-11-19)15(13-14)18(4)5;13-8-2-1-3-9(6-8)17-10-4-5-15-11(7-10)12(14)16/h7-8,11,13H,6,12H2,1-5H3;1-7H,(H2,14,16). The number of hydrogen-bond donors (Lipinski definition) is 1. The lowest BCUT2D eigenvalue weighted by atomic mass is 9.97. The normalized spacial score (nSPS) is 10.2. The van der Waals surface area contributed by atoms with E-state index in [1.807, 2.05) is 37.2 Å². The number of pyridine rings is 1. The Labute approximate surface area is 217 Å². The highest BCUT2D eigenvalue weighted by Gasteiger charge is 2.08. The Bertz CT molecular complexity index is 1270. The maximum Gasteiger partial charge on any atom is 0.267 e. The third-order valence-electron chi connectivity index (χ3n) is 4.53. The number of carbonyl (C=O) groups is 2. The Balaban J connectivity index is 0.000000263. The third kappa shape index (κ3) is 10.4. The van der Waals surface area contributed by atoms with Gasteiger partial charge in [0.05, 0.1) is 12.3 Å². The Morgan fingerprint density at radius 3 is 2.46 bits per heavy atom. The van der Waals surface area contributed by atoms with Gasteiger partial charge in [0.15, 0.2) is 0 Å². The first kappa shape index (κ1) is 28.9. The van der Waals surface area contributed by atoms with Crippen molar-refractivity contribution >= 4 is 17.9 Å². The second-order valence-corrected chi connectivity index (χ2v) is 9.18. The van der Waals surface area contributed by atoms with Gasteiger partial charge in [0.2, 0.25) is 0 Å². The van der Waals surface area contributed by atoms with E-state index in [0.29, 0.717) is 24.5 Å². The van der Waals surface area contributed by atoms with E-state index in [0.717, 1.165) is 23.3 Å². The van der Waals surface area contributed by atoms with Gasteiger partial charge in [-0.2, -0.15) is 0 Å². The van der Waals surface area contributed by atoms with Gasteiger partial charge in [-0.1, -0.05) is 17.9 Å². The van der Waals surface area contributed by atoms with Crippen molar-refractivity contribution in [3.05, 3.63) is 77.9 Å². The highest BCUT2D eigenvalue weighted by molar-refractivity contribution is 5.91. The summed E-state index contributed by atoms with van der Waals surface area (Å²) < 4.78 is 23.9. The molecule has 0 aliphatic rings. The van der Waals surface area contributed by atoms with E-state index in [9.17, 15) is 14.0 Å². The summed E-state index contributed by atoms with van der Waals surface area (Å²) in [5, 5.41) is 0. The van der Waals surface area contributed by atoms with Crippen molar-refractivity contribution in [2.75, 3.05) is 25.6 Å². The molecule has 0 fully saturated rings. The van der Waals surface area contributed by atoms with Crippen molar-refractivity contribution in [2.45, 2.75) is 27.2 Å². The lowest BCUT2D eigenvalue weighted by Crippen LogP contribution is -2.12. The fourth-order valence-corrected chi connectivity index (χ4v) is 2.82. The minimum Gasteiger partial charge on any atom is -0.491 e. The second kappa shape index (κ2) is 13.6. The van der Waals surface area contributed by atoms with Crippen LogP contribution in [0.5, 0.6) is 17.2 Å². The summed E-state index contributed by atoms with van der Waals surface area (Å²) >= 11 is 0. The van der Waals surface area contributed by atoms with E-state index < -0.39 is 11.7 Å². The first-order valence-electron chi connectivity index (χ1n) is 11.6. The van der Waals surface area contributed by atoms with E-state index in [-0.39, 0.29) is 11.1 Å². The summed E-state index contributed by atoms with van der Waals surface area (Å²) in [4.78, 5) is 27.0. The number of aldehydes is 1. The molecule has 3 aromatic rings. The van der Waals surface area contributed by atoms with Crippen molar-refractivity contribution in [1.82, 2.24) is 4.98 Å². The van der Waals surface area contributed by atoms with Crippen LogP contribution in [0.4, 0.5) is 10.1 Å². The van der Waals surface area contributed by atoms with E-state index in [2.05, 4.69) is 37.6 Å². The zero-order valence-electron chi connectivity index (χ0n) is 21.7. The van der Waals surface area contributed by atoms with Gasteiger partial charge < -0.3 is 24.9 Å². The second-order valence-electron chi connectivity index (χ2n) is 9.18. The van der Waals surface area contributed by atoms with Crippen molar-refractivity contribution in [1.29, 1.82) is 0 Å². The van der Waals surface area contributed by atoms with Crippen molar-refractivity contribution in [3.8, 4) is 29.1 Å². The molecule has 0 radical (unpaired) electrons. The number of halogens is 1. The van der Waals surface area contributed by atoms with Gasteiger partial charge in [-0.25, -0.2) is 4.39 Å². The fourth-order valence-electron chi connectivity index (χ4n) is 2.82. The zero-order chi connectivity index (χ0) is 27.4. The maximum atomic E-state index is 12.9. The van der Waals surface area contributed by atoms with Gasteiger partial charge in [0.1, 0.15) is 35.0 Å². The molecule has 0 spiro atoms. The number of nitrogens with zero attached hydrogens (tertiary/aromatic N) is 2. The van der Waals surface area contributed by atoms with E-state index >= 15 is 0 Å². The molecule has 0 aliphatic carbocycles. The molecular weight excluding hydrogens is 473 g/mol. The first-order chi connectivity index (χ1) is 17.5. The van der Waals surface area contributed by atoms with Crippen LogP contribution in [0.1, 0.15) is 43.2 Å². The molecule has 0 saturated heterocycles. The van der Waals surface area contributed by atoms with Gasteiger partial charge in [-0.15, -0.1) is 0 Å². The molecule has 7 nitrogen and oxygen atoms in total. The molecule has 2 aromatic carbocycles. The van der Waals surface area contributed by atoms with Crippen LogP contribution in [-0.2, 0) is 4.79 Å². The number of ether oxygens (including phenoxy) is 2. The average molecular weight is 506 g/mol. The molecule has 2 N–H and O–H groups in total. The van der Waals surface area contributed by atoms with Crippen LogP contribution in [-0.4, -0.2) is 37.9 Å². The first-order valence-corrected chi connectivity index (χ1v) is 11.6.